The first-order valence-corrected chi connectivity index (χ1v) is 9.92. The number of halogens is 3. The van der Waals surface area contributed by atoms with Gasteiger partial charge in [-0.25, -0.2) is 21.9 Å². The van der Waals surface area contributed by atoms with E-state index in [2.05, 4.69) is 4.72 Å². The molecular formula is C17H26ClF2N3O3S. The SMILES string of the molecule is CC(C)(C)C(N)C(=O)N1CCC(NS(=O)(=O)c2ccc(F)cc2F)CC1.Cl. The normalized spacial score (nSPS) is 17.3. The quantitative estimate of drug-likeness (QED) is 0.772. The predicted octanol–water partition coefficient (Wildman–Crippen LogP) is 2.03. The molecule has 3 N–H and O–H groups in total. The Hall–Kier alpha value is -1.29. The molecule has 1 fully saturated rings. The van der Waals surface area contributed by atoms with Gasteiger partial charge in [0.25, 0.3) is 0 Å². The van der Waals surface area contributed by atoms with E-state index < -0.39 is 38.6 Å². The molecule has 1 heterocycles. The summed E-state index contributed by atoms with van der Waals surface area (Å²) in [6.07, 6.45) is 0.787. The molecule has 0 radical (unpaired) electrons. The number of carbonyl (C=O) groups excluding carboxylic acids is 1. The van der Waals surface area contributed by atoms with Crippen molar-refractivity contribution >= 4 is 28.3 Å². The van der Waals surface area contributed by atoms with Crippen molar-refractivity contribution in [2.75, 3.05) is 13.1 Å². The highest BCUT2D eigenvalue weighted by molar-refractivity contribution is 7.89. The van der Waals surface area contributed by atoms with Crippen molar-refractivity contribution in [1.82, 2.24) is 9.62 Å². The van der Waals surface area contributed by atoms with Crippen molar-refractivity contribution in [3.63, 3.8) is 0 Å². The largest absolute Gasteiger partial charge is 0.341 e. The second-order valence-electron chi connectivity index (χ2n) is 7.64. The Morgan fingerprint density at radius 3 is 2.30 bits per heavy atom. The van der Waals surface area contributed by atoms with E-state index in [1.165, 1.54) is 0 Å². The molecule has 27 heavy (non-hydrogen) atoms. The molecule has 1 unspecified atom stereocenters. The number of nitrogens with one attached hydrogen (secondary N) is 1. The van der Waals surface area contributed by atoms with E-state index in [1.54, 1.807) is 4.90 Å². The van der Waals surface area contributed by atoms with Gasteiger partial charge in [-0.15, -0.1) is 12.4 Å². The van der Waals surface area contributed by atoms with Gasteiger partial charge in [0.05, 0.1) is 6.04 Å². The molecule has 1 aromatic rings. The van der Waals surface area contributed by atoms with Crippen LogP contribution in [0.1, 0.15) is 33.6 Å². The standard InChI is InChI=1S/C17H25F2N3O3S.ClH/c1-17(2,3)15(20)16(23)22-8-6-12(7-9-22)21-26(24,25)14-5-4-11(18)10-13(14)19;/h4-5,10,12,15,21H,6-9,20H2,1-3H3;1H. The number of likely N-dealkylation sites (tertiary alicyclic amines) is 1. The van der Waals surface area contributed by atoms with Gasteiger partial charge in [0, 0.05) is 25.2 Å². The number of carbonyl (C=O) groups is 1. The van der Waals surface area contributed by atoms with Gasteiger partial charge in [0.15, 0.2) is 0 Å². The molecule has 0 aliphatic carbocycles. The van der Waals surface area contributed by atoms with Crippen LogP contribution in [0.5, 0.6) is 0 Å². The number of rotatable bonds is 4. The number of nitrogens with two attached hydrogens (primary N) is 1. The highest BCUT2D eigenvalue weighted by Crippen LogP contribution is 2.22. The van der Waals surface area contributed by atoms with Gasteiger partial charge in [-0.2, -0.15) is 0 Å². The van der Waals surface area contributed by atoms with Crippen molar-refractivity contribution in [2.45, 2.75) is 50.6 Å². The molecule has 0 saturated carbocycles. The van der Waals surface area contributed by atoms with Gasteiger partial charge in [-0.05, 0) is 30.4 Å². The Balaban J connectivity index is 0.00000364. The van der Waals surface area contributed by atoms with E-state index in [1.807, 2.05) is 20.8 Å². The molecule has 1 atom stereocenters. The first-order valence-electron chi connectivity index (χ1n) is 8.43. The zero-order chi connectivity index (χ0) is 19.7. The number of nitrogens with zero attached hydrogens (tertiary/aromatic N) is 1. The average Bonchev–Trinajstić information content (AvgIpc) is 2.52. The van der Waals surface area contributed by atoms with Crippen molar-refractivity contribution in [2.24, 2.45) is 11.1 Å². The van der Waals surface area contributed by atoms with Crippen LogP contribution >= 0.6 is 12.4 Å². The van der Waals surface area contributed by atoms with Crippen LogP contribution in [0.2, 0.25) is 0 Å². The first-order chi connectivity index (χ1) is 11.9. The van der Waals surface area contributed by atoms with Crippen molar-refractivity contribution in [3.8, 4) is 0 Å². The Labute approximate surface area is 164 Å². The molecule has 2 rings (SSSR count). The summed E-state index contributed by atoms with van der Waals surface area (Å²) >= 11 is 0. The lowest BCUT2D eigenvalue weighted by Gasteiger charge is -2.36. The smallest absolute Gasteiger partial charge is 0.243 e. The van der Waals surface area contributed by atoms with Gasteiger partial charge in [-0.3, -0.25) is 4.79 Å². The minimum Gasteiger partial charge on any atom is -0.341 e. The number of benzene rings is 1. The van der Waals surface area contributed by atoms with Gasteiger partial charge >= 0.3 is 0 Å². The maximum atomic E-state index is 13.7. The Kier molecular flexibility index (Phi) is 7.75. The van der Waals surface area contributed by atoms with Crippen LogP contribution in [0, 0.1) is 17.0 Å². The third-order valence-electron chi connectivity index (χ3n) is 4.51. The highest BCUT2D eigenvalue weighted by Gasteiger charge is 2.34. The lowest BCUT2D eigenvalue weighted by atomic mass is 9.86. The zero-order valence-electron chi connectivity index (χ0n) is 15.5. The van der Waals surface area contributed by atoms with E-state index in [0.29, 0.717) is 32.0 Å². The average molecular weight is 426 g/mol. The van der Waals surface area contributed by atoms with E-state index in [9.17, 15) is 22.0 Å². The molecule has 1 aliphatic heterocycles. The van der Waals surface area contributed by atoms with E-state index >= 15 is 0 Å². The highest BCUT2D eigenvalue weighted by atomic mass is 35.5. The Morgan fingerprint density at radius 2 is 1.81 bits per heavy atom. The monoisotopic (exact) mass is 425 g/mol. The minimum atomic E-state index is -4.10. The summed E-state index contributed by atoms with van der Waals surface area (Å²) in [6, 6.07) is 1.26. The zero-order valence-corrected chi connectivity index (χ0v) is 17.2. The molecule has 154 valence electrons. The Bertz CT molecular complexity index is 776. The number of sulfonamides is 1. The third-order valence-corrected chi connectivity index (χ3v) is 6.06. The molecule has 1 aliphatic rings. The van der Waals surface area contributed by atoms with Crippen LogP contribution in [-0.4, -0.2) is 44.4 Å². The van der Waals surface area contributed by atoms with Crippen molar-refractivity contribution < 1.29 is 22.0 Å². The number of hydrogen-bond acceptors (Lipinski definition) is 4. The topological polar surface area (TPSA) is 92.5 Å². The summed E-state index contributed by atoms with van der Waals surface area (Å²) in [5.41, 5.74) is 5.63. The predicted molar refractivity (Wildman–Crippen MR) is 101 cm³/mol. The molecule has 6 nitrogen and oxygen atoms in total. The molecule has 1 saturated heterocycles. The first kappa shape index (κ1) is 23.7. The van der Waals surface area contributed by atoms with E-state index in [-0.39, 0.29) is 23.7 Å². The fourth-order valence-electron chi connectivity index (χ4n) is 2.76. The third kappa shape index (κ3) is 5.84. The van der Waals surface area contributed by atoms with E-state index in [0.717, 1.165) is 12.1 Å². The molecule has 0 spiro atoms. The fraction of sp³-hybridized carbons (Fsp3) is 0.588. The molecule has 1 amide bonds. The van der Waals surface area contributed by atoms with Gasteiger partial charge in [-0.1, -0.05) is 20.8 Å². The second kappa shape index (κ2) is 8.81. The summed E-state index contributed by atoms with van der Waals surface area (Å²) in [6.45, 7) is 6.37. The summed E-state index contributed by atoms with van der Waals surface area (Å²) in [4.78, 5) is 13.4. The summed E-state index contributed by atoms with van der Waals surface area (Å²) in [5.74, 6) is -2.15. The van der Waals surface area contributed by atoms with Crippen LogP contribution < -0.4 is 10.5 Å². The molecule has 0 bridgehead atoms. The molecule has 10 heteroatoms. The second-order valence-corrected chi connectivity index (χ2v) is 9.32. The summed E-state index contributed by atoms with van der Waals surface area (Å²) < 4.78 is 53.8. The van der Waals surface area contributed by atoms with E-state index in [4.69, 9.17) is 5.73 Å². The molecule has 0 aromatic heterocycles. The van der Waals surface area contributed by atoms with Gasteiger partial charge in [0.1, 0.15) is 16.5 Å². The summed E-state index contributed by atoms with van der Waals surface area (Å²) in [5, 5.41) is 0. The van der Waals surface area contributed by atoms with Crippen molar-refractivity contribution in [1.29, 1.82) is 0 Å². The van der Waals surface area contributed by atoms with Crippen LogP contribution in [0.25, 0.3) is 0 Å². The summed E-state index contributed by atoms with van der Waals surface area (Å²) in [7, 11) is -4.10. The fourth-order valence-corrected chi connectivity index (χ4v) is 4.13. The Morgan fingerprint density at radius 1 is 1.26 bits per heavy atom. The lowest BCUT2D eigenvalue weighted by molar-refractivity contribution is -0.136. The lowest BCUT2D eigenvalue weighted by Crippen LogP contribution is -2.54. The molecule has 1 aromatic carbocycles. The maximum Gasteiger partial charge on any atom is 0.243 e. The van der Waals surface area contributed by atoms with Crippen LogP contribution in [-0.2, 0) is 14.8 Å². The minimum absolute atomic E-state index is 0. The van der Waals surface area contributed by atoms with Gasteiger partial charge in [0.2, 0.25) is 15.9 Å². The van der Waals surface area contributed by atoms with Crippen LogP contribution in [0.15, 0.2) is 23.1 Å². The van der Waals surface area contributed by atoms with Crippen molar-refractivity contribution in [3.05, 3.63) is 29.8 Å². The number of amides is 1. The molecular weight excluding hydrogens is 400 g/mol. The van der Waals surface area contributed by atoms with Crippen LogP contribution in [0.3, 0.4) is 0 Å². The maximum absolute atomic E-state index is 13.7. The van der Waals surface area contributed by atoms with Gasteiger partial charge < -0.3 is 10.6 Å². The number of hydrogen-bond donors (Lipinski definition) is 2. The number of piperidine rings is 1. The van der Waals surface area contributed by atoms with Crippen LogP contribution in [0.4, 0.5) is 8.78 Å².